The quantitative estimate of drug-likeness (QED) is 0.694. The molecule has 1 N–H and O–H groups in total. The highest BCUT2D eigenvalue weighted by atomic mass is 16.6. The number of carboxylic acids is 1. The van der Waals surface area contributed by atoms with E-state index in [9.17, 15) is 14.4 Å². The van der Waals surface area contributed by atoms with E-state index in [1.807, 2.05) is 0 Å². The molecule has 0 bridgehead atoms. The maximum atomic E-state index is 11.1. The van der Waals surface area contributed by atoms with Crippen molar-refractivity contribution in [1.82, 2.24) is 0 Å². The first kappa shape index (κ1) is 12.2. The maximum absolute atomic E-state index is 11.1. The molecule has 0 saturated heterocycles. The zero-order chi connectivity index (χ0) is 12.1. The molecule has 0 aromatic carbocycles. The zero-order valence-corrected chi connectivity index (χ0v) is 8.76. The lowest BCUT2D eigenvalue weighted by molar-refractivity contribution is -0.159. The molecule has 6 nitrogen and oxygen atoms in total. The van der Waals surface area contributed by atoms with Crippen molar-refractivity contribution in [3.8, 4) is 0 Å². The normalized spacial score (nSPS) is 18.8. The van der Waals surface area contributed by atoms with Crippen LogP contribution in [0.15, 0.2) is 11.6 Å². The van der Waals surface area contributed by atoms with Crippen LogP contribution in [0.3, 0.4) is 0 Å². The van der Waals surface area contributed by atoms with Gasteiger partial charge in [0.25, 0.3) is 0 Å². The molecule has 16 heavy (non-hydrogen) atoms. The highest BCUT2D eigenvalue weighted by Gasteiger charge is 2.23. The Bertz CT molecular complexity index is 343. The molecule has 88 valence electrons. The molecule has 6 heteroatoms. The van der Waals surface area contributed by atoms with Gasteiger partial charge in [-0.25, -0.2) is 9.59 Å². The Hall–Kier alpha value is -1.85. The van der Waals surface area contributed by atoms with Crippen molar-refractivity contribution in [1.29, 1.82) is 0 Å². The third-order valence-corrected chi connectivity index (χ3v) is 2.04. The monoisotopic (exact) mass is 228 g/mol. The molecule has 1 aliphatic carbocycles. The van der Waals surface area contributed by atoms with Crippen LogP contribution < -0.4 is 0 Å². The Morgan fingerprint density at radius 2 is 2.19 bits per heavy atom. The molecular formula is C10H12O6. The van der Waals surface area contributed by atoms with E-state index >= 15 is 0 Å². The van der Waals surface area contributed by atoms with Crippen molar-refractivity contribution < 1.29 is 29.0 Å². The molecule has 1 rings (SSSR count). The van der Waals surface area contributed by atoms with Gasteiger partial charge < -0.3 is 14.6 Å². The lowest BCUT2D eigenvalue weighted by Crippen LogP contribution is -2.19. The first-order valence-electron chi connectivity index (χ1n) is 4.76. The van der Waals surface area contributed by atoms with E-state index in [1.165, 1.54) is 13.0 Å². The van der Waals surface area contributed by atoms with Gasteiger partial charge in [-0.1, -0.05) is 0 Å². The van der Waals surface area contributed by atoms with Crippen molar-refractivity contribution >= 4 is 17.9 Å². The van der Waals surface area contributed by atoms with Crippen LogP contribution in [0.5, 0.6) is 0 Å². The summed E-state index contributed by atoms with van der Waals surface area (Å²) in [6.45, 7) is 0.743. The van der Waals surface area contributed by atoms with Gasteiger partial charge in [-0.2, -0.15) is 0 Å². The molecule has 0 heterocycles. The van der Waals surface area contributed by atoms with Crippen molar-refractivity contribution in [2.45, 2.75) is 25.9 Å². The summed E-state index contributed by atoms with van der Waals surface area (Å²) in [5, 5.41) is 8.66. The first-order chi connectivity index (χ1) is 7.49. The molecule has 0 spiro atoms. The molecule has 0 aliphatic heterocycles. The fourth-order valence-electron chi connectivity index (χ4n) is 1.32. The number of carboxylic acid groups (broad SMARTS) is 1. The average molecular weight is 228 g/mol. The first-order valence-corrected chi connectivity index (χ1v) is 4.76. The highest BCUT2D eigenvalue weighted by Crippen LogP contribution is 2.21. The van der Waals surface area contributed by atoms with E-state index in [1.54, 1.807) is 0 Å². The van der Waals surface area contributed by atoms with Gasteiger partial charge in [0.05, 0.1) is 0 Å². The van der Waals surface area contributed by atoms with E-state index in [-0.39, 0.29) is 5.57 Å². The Morgan fingerprint density at radius 1 is 1.50 bits per heavy atom. The molecule has 0 aromatic rings. The van der Waals surface area contributed by atoms with Crippen LogP contribution in [-0.4, -0.2) is 35.7 Å². The number of hydrogen-bond donors (Lipinski definition) is 1. The fraction of sp³-hybridized carbons (Fsp3) is 0.500. The average Bonchev–Trinajstić information content (AvgIpc) is 2.63. The number of hydrogen-bond acceptors (Lipinski definition) is 5. The summed E-state index contributed by atoms with van der Waals surface area (Å²) in [6.07, 6.45) is 1.69. The second-order valence-electron chi connectivity index (χ2n) is 3.34. The summed E-state index contributed by atoms with van der Waals surface area (Å²) >= 11 is 0. The summed E-state index contributed by atoms with van der Waals surface area (Å²) in [6, 6.07) is 0. The van der Waals surface area contributed by atoms with Crippen LogP contribution in [0, 0.1) is 0 Å². The van der Waals surface area contributed by atoms with Gasteiger partial charge in [0.2, 0.25) is 0 Å². The van der Waals surface area contributed by atoms with E-state index < -0.39 is 30.6 Å². The van der Waals surface area contributed by atoms with Crippen molar-refractivity contribution in [2.24, 2.45) is 0 Å². The second kappa shape index (κ2) is 5.29. The summed E-state index contributed by atoms with van der Waals surface area (Å²) in [4.78, 5) is 32.1. The molecule has 0 amide bonds. The highest BCUT2D eigenvalue weighted by molar-refractivity contribution is 5.87. The molecule has 1 unspecified atom stereocenters. The Morgan fingerprint density at radius 3 is 2.69 bits per heavy atom. The van der Waals surface area contributed by atoms with Crippen LogP contribution in [-0.2, 0) is 23.9 Å². The summed E-state index contributed by atoms with van der Waals surface area (Å²) in [5.41, 5.74) is 0.241. The predicted octanol–water partition coefficient (Wildman–Crippen LogP) is 0.266. The van der Waals surface area contributed by atoms with Gasteiger partial charge in [-0.05, 0) is 18.9 Å². The topological polar surface area (TPSA) is 89.9 Å². The minimum Gasteiger partial charge on any atom is -0.478 e. The van der Waals surface area contributed by atoms with Crippen LogP contribution in [0.2, 0.25) is 0 Å². The lowest BCUT2D eigenvalue weighted by Gasteiger charge is -2.09. The Balaban J connectivity index is 2.36. The third-order valence-electron chi connectivity index (χ3n) is 2.04. The Labute approximate surface area is 91.8 Å². The largest absolute Gasteiger partial charge is 0.478 e. The predicted molar refractivity (Wildman–Crippen MR) is 51.5 cm³/mol. The minimum absolute atomic E-state index is 0.241. The number of esters is 2. The zero-order valence-electron chi connectivity index (χ0n) is 8.76. The Kier molecular flexibility index (Phi) is 4.04. The SMILES string of the molecule is CC(=O)OCC(=O)OC1C=C(C(=O)O)CC1. The van der Waals surface area contributed by atoms with Gasteiger partial charge in [0.15, 0.2) is 6.61 Å². The van der Waals surface area contributed by atoms with E-state index in [0.29, 0.717) is 12.8 Å². The van der Waals surface area contributed by atoms with Crippen molar-refractivity contribution in [3.05, 3.63) is 11.6 Å². The molecule has 0 saturated carbocycles. The molecule has 0 aromatic heterocycles. The van der Waals surface area contributed by atoms with Crippen LogP contribution in [0.1, 0.15) is 19.8 Å². The summed E-state index contributed by atoms with van der Waals surface area (Å²) < 4.78 is 9.32. The van der Waals surface area contributed by atoms with Gasteiger partial charge in [0, 0.05) is 12.5 Å². The maximum Gasteiger partial charge on any atom is 0.344 e. The fourth-order valence-corrected chi connectivity index (χ4v) is 1.32. The molecule has 0 radical (unpaired) electrons. The van der Waals surface area contributed by atoms with E-state index in [4.69, 9.17) is 9.84 Å². The van der Waals surface area contributed by atoms with Gasteiger partial charge >= 0.3 is 17.9 Å². The van der Waals surface area contributed by atoms with Gasteiger partial charge in [-0.15, -0.1) is 0 Å². The molecule has 0 fully saturated rings. The number of ether oxygens (including phenoxy) is 2. The van der Waals surface area contributed by atoms with Gasteiger partial charge in [0.1, 0.15) is 6.10 Å². The van der Waals surface area contributed by atoms with Gasteiger partial charge in [-0.3, -0.25) is 4.79 Å². The number of carbonyl (C=O) groups excluding carboxylic acids is 2. The molecule has 1 atom stereocenters. The lowest BCUT2D eigenvalue weighted by atomic mass is 10.2. The minimum atomic E-state index is -1.00. The molecular weight excluding hydrogens is 216 g/mol. The van der Waals surface area contributed by atoms with E-state index in [0.717, 1.165) is 0 Å². The van der Waals surface area contributed by atoms with Crippen LogP contribution in [0.4, 0.5) is 0 Å². The smallest absolute Gasteiger partial charge is 0.344 e. The summed E-state index contributed by atoms with van der Waals surface area (Å²) in [7, 11) is 0. The van der Waals surface area contributed by atoms with Crippen LogP contribution in [0.25, 0.3) is 0 Å². The summed E-state index contributed by atoms with van der Waals surface area (Å²) in [5.74, 6) is -2.24. The standard InChI is InChI=1S/C10H12O6/c1-6(11)15-5-9(12)16-8-3-2-7(4-8)10(13)14/h4,8H,2-3,5H2,1H3,(H,13,14). The number of carbonyl (C=O) groups is 3. The van der Waals surface area contributed by atoms with Crippen molar-refractivity contribution in [3.63, 3.8) is 0 Å². The number of aliphatic carboxylic acids is 1. The van der Waals surface area contributed by atoms with Crippen LogP contribution >= 0.6 is 0 Å². The third kappa shape index (κ3) is 3.72. The second-order valence-corrected chi connectivity index (χ2v) is 3.34. The molecule has 1 aliphatic rings. The number of rotatable bonds is 4. The van der Waals surface area contributed by atoms with E-state index in [2.05, 4.69) is 4.74 Å². The van der Waals surface area contributed by atoms with Crippen molar-refractivity contribution in [2.75, 3.05) is 6.61 Å².